The molecule has 29 heteroatoms. The molecule has 0 aliphatic heterocycles. The number of rotatable bonds is 24. The topological polar surface area (TPSA) is 591 Å². The third kappa shape index (κ3) is 48.3. The van der Waals surface area contributed by atoms with Crippen LogP contribution in [0.2, 0.25) is 0 Å². The Morgan fingerprint density at radius 1 is 0.493 bits per heavy atom. The van der Waals surface area contributed by atoms with Crippen molar-refractivity contribution in [3.05, 3.63) is 0 Å². The first-order chi connectivity index (χ1) is 30.4. The molecule has 0 radical (unpaired) electrons. The number of aliphatic hydroxyl groups excluding tert-OH is 1. The van der Waals surface area contributed by atoms with E-state index in [4.69, 9.17) is 93.1 Å². The lowest BCUT2D eigenvalue weighted by Gasteiger charge is -2.17. The van der Waals surface area contributed by atoms with Crippen molar-refractivity contribution in [2.24, 2.45) is 69.2 Å². The van der Waals surface area contributed by atoms with E-state index >= 15 is 0 Å². The molecule has 10 atom stereocenters. The van der Waals surface area contributed by atoms with Crippen LogP contribution in [0.3, 0.4) is 0 Å². The van der Waals surface area contributed by atoms with Gasteiger partial charge in [0, 0.05) is 12.8 Å². The molecule has 394 valence electrons. The lowest BCUT2D eigenvalue weighted by atomic mass is 10.1. The number of carbonyl (C=O) groups is 10. The summed E-state index contributed by atoms with van der Waals surface area (Å²) in [5.74, 6) is -9.16. The Morgan fingerprint density at radius 3 is 1.19 bits per heavy atom. The van der Waals surface area contributed by atoms with E-state index in [2.05, 4.69) is 9.47 Å². The summed E-state index contributed by atoms with van der Waals surface area (Å²) in [4.78, 5) is 104. The number of amides is 1. The second-order valence-electron chi connectivity index (χ2n) is 15.2. The van der Waals surface area contributed by atoms with Crippen LogP contribution in [0, 0.1) is 11.8 Å². The molecule has 0 aromatic carbocycles. The lowest BCUT2D eigenvalue weighted by molar-refractivity contribution is -0.163. The molecule has 0 rings (SSSR count). The molecule has 0 saturated heterocycles. The van der Waals surface area contributed by atoms with Gasteiger partial charge in [-0.1, -0.05) is 34.1 Å². The molecular formula is C38H78N10O19. The predicted molar refractivity (Wildman–Crippen MR) is 238 cm³/mol. The number of carboxylic acid groups (broad SMARTS) is 6. The number of ether oxygens (including phenoxy) is 2. The minimum absolute atomic E-state index is 0.0208. The highest BCUT2D eigenvalue weighted by molar-refractivity contribution is 5.91. The van der Waals surface area contributed by atoms with Gasteiger partial charge in [-0.15, -0.1) is 0 Å². The summed E-state index contributed by atoms with van der Waals surface area (Å²) >= 11 is 0. The molecule has 0 unspecified atom stereocenters. The van der Waals surface area contributed by atoms with Gasteiger partial charge in [0.25, 0.3) is 0 Å². The molecule has 0 aromatic rings. The SMILES string of the molecule is CC(C)C[C@H](N)C(=O)O.CC(C)[C@H](N)C(=O)O.C[C@@H](O)[C@H](N)C(=O)OC(=O)[C@@H](N)CCC(N)=O.C[C@H](N)C(=O)O[C@H](C)[C@H](N)C(=O)O.NCCCC[C@H](N)C(=O)O.N[C@@H](CCC(=O)O)C(=O)O. The first kappa shape index (κ1) is 73.1. The van der Waals surface area contributed by atoms with E-state index in [1.54, 1.807) is 13.8 Å². The molecule has 0 aromatic heterocycles. The summed E-state index contributed by atoms with van der Waals surface area (Å²) in [6, 6.07) is -7.62. The zero-order chi connectivity index (χ0) is 54.5. The number of primary amides is 1. The Hall–Kier alpha value is -5.50. The van der Waals surface area contributed by atoms with Crippen LogP contribution >= 0.6 is 0 Å². The number of carboxylic acids is 6. The summed E-state index contributed by atoms with van der Waals surface area (Å²) in [5.41, 5.74) is 51.6. The largest absolute Gasteiger partial charge is 0.481 e. The minimum atomic E-state index is -1.32. The smallest absolute Gasteiger partial charge is 0.333 e. The van der Waals surface area contributed by atoms with Gasteiger partial charge in [0.15, 0.2) is 0 Å². The third-order valence-corrected chi connectivity index (χ3v) is 7.78. The van der Waals surface area contributed by atoms with Crippen LogP contribution in [0.5, 0.6) is 0 Å². The van der Waals surface area contributed by atoms with Crippen LogP contribution in [0.25, 0.3) is 0 Å². The van der Waals surface area contributed by atoms with Crippen molar-refractivity contribution < 1.29 is 93.2 Å². The van der Waals surface area contributed by atoms with E-state index in [1.807, 2.05) is 13.8 Å². The highest BCUT2D eigenvalue weighted by Crippen LogP contribution is 2.03. The van der Waals surface area contributed by atoms with E-state index in [0.29, 0.717) is 25.3 Å². The fraction of sp³-hybridized carbons (Fsp3) is 0.737. The van der Waals surface area contributed by atoms with Gasteiger partial charge >= 0.3 is 53.7 Å². The maximum absolute atomic E-state index is 11.2. The number of hydrogen-bond acceptors (Lipinski definition) is 22. The maximum Gasteiger partial charge on any atom is 0.333 e. The number of unbranched alkanes of at least 4 members (excludes halogenated alkanes) is 1. The number of esters is 3. The zero-order valence-electron chi connectivity index (χ0n) is 39.1. The minimum Gasteiger partial charge on any atom is -0.481 e. The van der Waals surface area contributed by atoms with Gasteiger partial charge in [0.05, 0.1) is 6.10 Å². The van der Waals surface area contributed by atoms with Crippen molar-refractivity contribution in [1.82, 2.24) is 0 Å². The maximum atomic E-state index is 11.2. The number of nitrogens with two attached hydrogens (primary N) is 10. The van der Waals surface area contributed by atoms with Crippen LogP contribution in [0.1, 0.15) is 99.8 Å². The number of aliphatic carboxylic acids is 6. The Kier molecular flexibility index (Phi) is 45.7. The molecule has 0 aliphatic rings. The van der Waals surface area contributed by atoms with E-state index in [-0.39, 0.29) is 31.6 Å². The summed E-state index contributed by atoms with van der Waals surface area (Å²) in [7, 11) is 0. The molecule has 0 spiro atoms. The van der Waals surface area contributed by atoms with Crippen molar-refractivity contribution in [3.8, 4) is 0 Å². The fourth-order valence-electron chi connectivity index (χ4n) is 3.35. The zero-order valence-corrected chi connectivity index (χ0v) is 39.1. The third-order valence-electron chi connectivity index (χ3n) is 7.78. The highest BCUT2D eigenvalue weighted by atomic mass is 16.6. The highest BCUT2D eigenvalue weighted by Gasteiger charge is 2.27. The molecule has 0 heterocycles. The standard InChI is InChI=1S/C9H17N3O5.C7H14N2O4.C6H14N2O2.C6H13NO2.C5H9NO4.C5H11NO2/c1-4(13)7(12)9(16)17-8(15)5(10)2-3-6(11)14;1-3(8)7(12)13-4(2)5(9)6(10)11;7-4-2-1-3-5(8)6(9)10;1-4(2)3-5(7)6(8)9;6-3(5(9)10)1-2-4(7)8;1-3(2)4(6)5(7)8/h4-5,7,13H,2-3,10,12H2,1H3,(H2,11,14);3-5H,8-9H2,1-2H3,(H,10,11);5H,1-4,7-8H2,(H,9,10);4-5H,3,7H2,1-2H3,(H,8,9);3H,1-2,6H2,(H,7,8)(H,9,10);3-4H,6H2,1-2H3,(H,7,8)/t4-,5+,7+;3-,4+,5-;2*5-;3-;4-/m100000/s1. The van der Waals surface area contributed by atoms with Crippen LogP contribution < -0.4 is 57.3 Å². The van der Waals surface area contributed by atoms with Crippen LogP contribution in [0.15, 0.2) is 0 Å². The van der Waals surface area contributed by atoms with E-state index < -0.39 is 120 Å². The second-order valence-corrected chi connectivity index (χ2v) is 15.2. The Bertz CT molecular complexity index is 1490. The quantitative estimate of drug-likeness (QED) is 0.0246. The lowest BCUT2D eigenvalue weighted by Crippen LogP contribution is -2.44. The molecule has 0 fully saturated rings. The van der Waals surface area contributed by atoms with Gasteiger partial charge in [0.1, 0.15) is 54.4 Å². The van der Waals surface area contributed by atoms with Gasteiger partial charge in [-0.3, -0.25) is 38.4 Å². The molecule has 0 saturated carbocycles. The van der Waals surface area contributed by atoms with Gasteiger partial charge in [-0.2, -0.15) is 0 Å². The first-order valence-corrected chi connectivity index (χ1v) is 20.5. The molecule has 29 nitrogen and oxygen atoms in total. The average Bonchev–Trinajstić information content (AvgIpc) is 3.21. The van der Waals surface area contributed by atoms with Crippen LogP contribution in [0.4, 0.5) is 0 Å². The van der Waals surface area contributed by atoms with Crippen molar-refractivity contribution in [2.75, 3.05) is 6.54 Å². The molecular weight excluding hydrogens is 900 g/mol. The van der Waals surface area contributed by atoms with Gasteiger partial charge in [-0.25, -0.2) is 9.59 Å². The number of hydrogen-bond donors (Lipinski definition) is 17. The molecule has 67 heavy (non-hydrogen) atoms. The molecule has 0 aliphatic carbocycles. The summed E-state index contributed by atoms with van der Waals surface area (Å²) in [6.07, 6.45) is 0.358. The molecule has 1 amide bonds. The second kappa shape index (κ2) is 41.9. The average molecular weight is 979 g/mol. The van der Waals surface area contributed by atoms with Crippen LogP contribution in [-0.2, 0) is 57.4 Å². The van der Waals surface area contributed by atoms with Crippen molar-refractivity contribution in [3.63, 3.8) is 0 Å². The van der Waals surface area contributed by atoms with Gasteiger partial charge < -0.3 is 103 Å². The Morgan fingerprint density at radius 2 is 0.910 bits per heavy atom. The van der Waals surface area contributed by atoms with Crippen molar-refractivity contribution in [1.29, 1.82) is 0 Å². The predicted octanol–water partition coefficient (Wildman–Crippen LogP) is -4.68. The van der Waals surface area contributed by atoms with Crippen molar-refractivity contribution in [2.45, 2.75) is 160 Å². The van der Waals surface area contributed by atoms with E-state index in [9.17, 15) is 47.9 Å². The fourth-order valence-corrected chi connectivity index (χ4v) is 3.35. The van der Waals surface area contributed by atoms with E-state index in [1.165, 1.54) is 20.8 Å². The Labute approximate surface area is 388 Å². The number of carbonyl (C=O) groups excluding carboxylic acids is 4. The molecule has 0 bridgehead atoms. The summed E-state index contributed by atoms with van der Waals surface area (Å²) < 4.78 is 8.99. The van der Waals surface area contributed by atoms with Gasteiger partial charge in [0.2, 0.25) is 5.91 Å². The van der Waals surface area contributed by atoms with Gasteiger partial charge in [-0.05, 0) is 71.3 Å². The van der Waals surface area contributed by atoms with Crippen LogP contribution in [-0.4, -0.2) is 162 Å². The summed E-state index contributed by atoms with van der Waals surface area (Å²) in [6.45, 7) is 12.2. The summed E-state index contributed by atoms with van der Waals surface area (Å²) in [5, 5.41) is 58.6. The molecule has 27 N–H and O–H groups in total. The number of aliphatic hydroxyl groups is 1. The van der Waals surface area contributed by atoms with Crippen molar-refractivity contribution >= 4 is 59.6 Å². The monoisotopic (exact) mass is 979 g/mol. The normalized spacial score (nSPS) is 14.7. The van der Waals surface area contributed by atoms with E-state index in [0.717, 1.165) is 12.8 Å². The first-order valence-electron chi connectivity index (χ1n) is 20.5. The Balaban J connectivity index is -0.000000170.